The van der Waals surface area contributed by atoms with E-state index >= 15 is 0 Å². The lowest BCUT2D eigenvalue weighted by atomic mass is 10.2. The monoisotopic (exact) mass is 212 g/mol. The Hall–Kier alpha value is -0.510. The van der Waals surface area contributed by atoms with Gasteiger partial charge in [0.1, 0.15) is 5.75 Å². The molecule has 1 aromatic rings. The van der Waals surface area contributed by atoms with E-state index in [1.54, 1.807) is 6.26 Å². The van der Waals surface area contributed by atoms with Gasteiger partial charge in [0.15, 0.2) is 0 Å². The van der Waals surface area contributed by atoms with Crippen molar-refractivity contribution in [2.75, 3.05) is 18.6 Å². The lowest BCUT2D eigenvalue weighted by molar-refractivity contribution is 0.122. The molecule has 0 unspecified atom stereocenters. The molecule has 0 bridgehead atoms. The molecule has 0 amide bonds. The second-order valence-electron chi connectivity index (χ2n) is 3.17. The molecule has 0 aliphatic carbocycles. The Morgan fingerprint density at radius 1 is 1.29 bits per heavy atom. The van der Waals surface area contributed by atoms with Gasteiger partial charge >= 0.3 is 0 Å². The summed E-state index contributed by atoms with van der Waals surface area (Å²) in [5, 5.41) is 0. The van der Waals surface area contributed by atoms with Crippen molar-refractivity contribution in [3.8, 4) is 0 Å². The number of ether oxygens (including phenoxy) is 1. The third-order valence-electron chi connectivity index (χ3n) is 1.83. The van der Waals surface area contributed by atoms with E-state index in [-0.39, 0.29) is 0 Å². The van der Waals surface area contributed by atoms with Crippen molar-refractivity contribution in [1.82, 2.24) is 0 Å². The fraction of sp³-hybridized carbons (Fsp3) is 0.455. The van der Waals surface area contributed by atoms with Crippen LogP contribution in [0.2, 0.25) is 0 Å². The maximum Gasteiger partial charge on any atom is 0.107 e. The number of hydrogen-bond donors (Lipinski definition) is 0. The Labute approximate surface area is 88.5 Å². The smallest absolute Gasteiger partial charge is 0.107 e. The van der Waals surface area contributed by atoms with Gasteiger partial charge < -0.3 is 9.29 Å². The highest BCUT2D eigenvalue weighted by molar-refractivity contribution is 7.90. The first-order valence-corrected chi connectivity index (χ1v) is 6.43. The van der Waals surface area contributed by atoms with Gasteiger partial charge in [-0.1, -0.05) is 41.5 Å². The van der Waals surface area contributed by atoms with Gasteiger partial charge in [-0.2, -0.15) is 0 Å². The predicted octanol–water partition coefficient (Wildman–Crippen LogP) is 1.97. The molecule has 0 fully saturated rings. The molecule has 1 rings (SSSR count). The van der Waals surface area contributed by atoms with Gasteiger partial charge in [-0.3, -0.25) is 0 Å². The second-order valence-corrected chi connectivity index (χ2v) is 4.72. The standard InChI is InChI=1S/C11H16O2S/c1-14(12)9-5-8-13-10-11-6-3-2-4-7-11/h2-4,6-7H,5,8-10H2,1H3/t14-/m1/s1. The normalized spacial score (nSPS) is 12.7. The maximum atomic E-state index is 10.7. The van der Waals surface area contributed by atoms with Crippen LogP contribution in [0.5, 0.6) is 0 Å². The minimum absolute atomic E-state index is 0.650. The van der Waals surface area contributed by atoms with E-state index in [1.165, 1.54) is 5.56 Å². The van der Waals surface area contributed by atoms with Crippen LogP contribution in [0.15, 0.2) is 30.3 Å². The highest BCUT2D eigenvalue weighted by atomic mass is 32.2. The summed E-state index contributed by atoms with van der Waals surface area (Å²) in [4.78, 5) is 0. The van der Waals surface area contributed by atoms with Crippen LogP contribution < -0.4 is 0 Å². The van der Waals surface area contributed by atoms with E-state index in [2.05, 4.69) is 0 Å². The Morgan fingerprint density at radius 3 is 2.64 bits per heavy atom. The zero-order valence-corrected chi connectivity index (χ0v) is 9.26. The molecule has 0 aliphatic heterocycles. The van der Waals surface area contributed by atoms with Gasteiger partial charge in [-0.25, -0.2) is 0 Å². The van der Waals surface area contributed by atoms with E-state index in [0.717, 1.165) is 12.2 Å². The summed E-state index contributed by atoms with van der Waals surface area (Å²) in [5.74, 6) is 0.731. The minimum Gasteiger partial charge on any atom is -0.617 e. The molecule has 1 atom stereocenters. The van der Waals surface area contributed by atoms with E-state index in [4.69, 9.17) is 4.74 Å². The average molecular weight is 212 g/mol. The van der Waals surface area contributed by atoms with Crippen LogP contribution in [0.3, 0.4) is 0 Å². The Balaban J connectivity index is 2.05. The van der Waals surface area contributed by atoms with E-state index in [0.29, 0.717) is 13.2 Å². The summed E-state index contributed by atoms with van der Waals surface area (Å²) in [6, 6.07) is 10.1. The molecule has 0 heterocycles. The van der Waals surface area contributed by atoms with E-state index in [9.17, 15) is 4.55 Å². The van der Waals surface area contributed by atoms with Gasteiger partial charge in [-0.05, 0) is 5.56 Å². The average Bonchev–Trinajstić information content (AvgIpc) is 2.18. The molecule has 0 N–H and O–H groups in total. The van der Waals surface area contributed by atoms with E-state index < -0.39 is 11.2 Å². The third-order valence-corrected chi connectivity index (χ3v) is 2.70. The molecule has 2 nitrogen and oxygen atoms in total. The number of hydrogen-bond acceptors (Lipinski definition) is 2. The van der Waals surface area contributed by atoms with Crippen LogP contribution in [-0.2, 0) is 22.5 Å². The van der Waals surface area contributed by atoms with Crippen LogP contribution >= 0.6 is 0 Å². The molecule has 14 heavy (non-hydrogen) atoms. The van der Waals surface area contributed by atoms with E-state index in [1.807, 2.05) is 30.3 Å². The van der Waals surface area contributed by atoms with Gasteiger partial charge in [-0.15, -0.1) is 0 Å². The molecule has 0 saturated carbocycles. The summed E-state index contributed by atoms with van der Waals surface area (Å²) in [7, 11) is 0. The van der Waals surface area contributed by atoms with Crippen LogP contribution in [0.4, 0.5) is 0 Å². The topological polar surface area (TPSA) is 32.3 Å². The molecule has 0 aromatic heterocycles. The van der Waals surface area contributed by atoms with Crippen molar-refractivity contribution >= 4 is 11.2 Å². The summed E-state index contributed by atoms with van der Waals surface area (Å²) in [6.45, 7) is 1.34. The molecule has 0 aliphatic rings. The van der Waals surface area contributed by atoms with Gasteiger partial charge in [0.2, 0.25) is 0 Å². The number of rotatable bonds is 6. The minimum atomic E-state index is -0.694. The van der Waals surface area contributed by atoms with Crippen molar-refractivity contribution in [2.24, 2.45) is 0 Å². The first kappa shape index (κ1) is 11.6. The van der Waals surface area contributed by atoms with Gasteiger partial charge in [0.25, 0.3) is 0 Å². The van der Waals surface area contributed by atoms with Gasteiger partial charge in [0, 0.05) is 6.42 Å². The van der Waals surface area contributed by atoms with Crippen LogP contribution in [0.1, 0.15) is 12.0 Å². The first-order chi connectivity index (χ1) is 6.79. The fourth-order valence-electron chi connectivity index (χ4n) is 1.13. The molecular formula is C11H16O2S. The maximum absolute atomic E-state index is 10.7. The molecule has 3 heteroatoms. The zero-order chi connectivity index (χ0) is 10.2. The quantitative estimate of drug-likeness (QED) is 0.533. The number of benzene rings is 1. The summed E-state index contributed by atoms with van der Waals surface area (Å²) in [6.07, 6.45) is 2.59. The van der Waals surface area contributed by atoms with Crippen molar-refractivity contribution in [3.63, 3.8) is 0 Å². The molecule has 1 aromatic carbocycles. The lowest BCUT2D eigenvalue weighted by Crippen LogP contribution is -2.06. The van der Waals surface area contributed by atoms with Crippen molar-refractivity contribution < 1.29 is 9.29 Å². The summed E-state index contributed by atoms with van der Waals surface area (Å²) >= 11 is -0.694. The van der Waals surface area contributed by atoms with Crippen molar-refractivity contribution in [2.45, 2.75) is 13.0 Å². The predicted molar refractivity (Wildman–Crippen MR) is 59.6 cm³/mol. The molecular weight excluding hydrogens is 196 g/mol. The SMILES string of the molecule is C[S@@+]([O-])CCCOCc1ccccc1. The molecule has 78 valence electrons. The fourth-order valence-corrected chi connectivity index (χ4v) is 1.65. The first-order valence-electron chi connectivity index (χ1n) is 4.71. The van der Waals surface area contributed by atoms with Crippen LogP contribution in [0.25, 0.3) is 0 Å². The highest BCUT2D eigenvalue weighted by Gasteiger charge is 1.97. The van der Waals surface area contributed by atoms with Crippen molar-refractivity contribution in [3.05, 3.63) is 35.9 Å². The Morgan fingerprint density at radius 2 is 2.00 bits per heavy atom. The molecule has 0 saturated heterocycles. The van der Waals surface area contributed by atoms with Crippen LogP contribution in [0, 0.1) is 0 Å². The lowest BCUT2D eigenvalue weighted by Gasteiger charge is -2.05. The largest absolute Gasteiger partial charge is 0.617 e. The Bertz CT molecular complexity index is 236. The summed E-state index contributed by atoms with van der Waals surface area (Å²) < 4.78 is 16.2. The highest BCUT2D eigenvalue weighted by Crippen LogP contribution is 2.01. The summed E-state index contributed by atoms with van der Waals surface area (Å²) in [5.41, 5.74) is 1.19. The van der Waals surface area contributed by atoms with Crippen LogP contribution in [-0.4, -0.2) is 23.2 Å². The zero-order valence-electron chi connectivity index (χ0n) is 8.44. The van der Waals surface area contributed by atoms with Gasteiger partial charge in [0.05, 0.1) is 19.5 Å². The molecule has 0 spiro atoms. The second kappa shape index (κ2) is 6.87. The molecule has 0 radical (unpaired) electrons. The Kier molecular flexibility index (Phi) is 5.68. The third kappa shape index (κ3) is 5.27. The van der Waals surface area contributed by atoms with Crippen molar-refractivity contribution in [1.29, 1.82) is 0 Å².